The van der Waals surface area contributed by atoms with E-state index in [-0.39, 0.29) is 24.1 Å². The van der Waals surface area contributed by atoms with Gasteiger partial charge in [-0.05, 0) is 35.4 Å². The maximum atomic E-state index is 12.3. The average molecular weight is 355 g/mol. The number of carbonyl (C=O) groups excluding carboxylic acids is 1. The molecule has 1 atom stereocenters. The number of hydrogen-bond donors (Lipinski definition) is 1. The van der Waals surface area contributed by atoms with E-state index in [9.17, 15) is 9.59 Å². The lowest BCUT2D eigenvalue weighted by Gasteiger charge is -2.16. The maximum Gasteiger partial charge on any atom is 0.262 e. The third-order valence-electron chi connectivity index (χ3n) is 4.25. The van der Waals surface area contributed by atoms with Crippen molar-refractivity contribution in [2.45, 2.75) is 39.3 Å². The molecule has 0 aliphatic carbocycles. The predicted molar refractivity (Wildman–Crippen MR) is 101 cm³/mol. The topological polar surface area (TPSA) is 64.0 Å². The number of amides is 1. The van der Waals surface area contributed by atoms with Crippen molar-refractivity contribution in [3.63, 3.8) is 0 Å². The molecule has 0 spiro atoms. The summed E-state index contributed by atoms with van der Waals surface area (Å²) in [6.45, 7) is 6.20. The lowest BCUT2D eigenvalue weighted by Crippen LogP contribution is -2.33. The summed E-state index contributed by atoms with van der Waals surface area (Å²) in [7, 11) is 0. The van der Waals surface area contributed by atoms with E-state index >= 15 is 0 Å². The largest absolute Gasteiger partial charge is 0.348 e. The van der Waals surface area contributed by atoms with E-state index in [1.807, 2.05) is 24.4 Å². The number of carbonyl (C=O) groups is 1. The number of nitrogens with one attached hydrogen (secondary N) is 1. The molecule has 0 saturated heterocycles. The summed E-state index contributed by atoms with van der Waals surface area (Å²) in [5.74, 6) is 0.268. The standard InChI is InChI=1S/C19H21N3O2S/c1-12(2)14-4-6-15(7-5-14)13(3)21-17(23)10-22-11-20-18-16(19(22)24)8-9-25-18/h4-9,11-13H,10H2,1-3H3,(H,21,23)/t13-/m0/s1. The third-order valence-corrected chi connectivity index (χ3v) is 5.07. The second-order valence-electron chi connectivity index (χ2n) is 6.43. The molecule has 0 radical (unpaired) electrons. The Kier molecular flexibility index (Phi) is 4.99. The van der Waals surface area contributed by atoms with Crippen molar-refractivity contribution < 1.29 is 4.79 Å². The van der Waals surface area contributed by atoms with Crippen LogP contribution in [0.5, 0.6) is 0 Å². The first-order chi connectivity index (χ1) is 12.0. The summed E-state index contributed by atoms with van der Waals surface area (Å²) >= 11 is 1.42. The van der Waals surface area contributed by atoms with Crippen molar-refractivity contribution in [3.8, 4) is 0 Å². The minimum Gasteiger partial charge on any atom is -0.348 e. The molecule has 2 heterocycles. The van der Waals surface area contributed by atoms with Crippen LogP contribution in [0.4, 0.5) is 0 Å². The van der Waals surface area contributed by atoms with Crippen LogP contribution in [0.15, 0.2) is 46.8 Å². The second-order valence-corrected chi connectivity index (χ2v) is 7.32. The van der Waals surface area contributed by atoms with Gasteiger partial charge in [-0.1, -0.05) is 38.1 Å². The van der Waals surface area contributed by atoms with E-state index in [4.69, 9.17) is 0 Å². The molecule has 1 aromatic carbocycles. The molecule has 0 aliphatic heterocycles. The van der Waals surface area contributed by atoms with E-state index in [1.54, 1.807) is 6.07 Å². The molecule has 1 amide bonds. The molecule has 130 valence electrons. The Balaban J connectivity index is 1.68. The second kappa shape index (κ2) is 7.19. The van der Waals surface area contributed by atoms with Crippen LogP contribution in [0.25, 0.3) is 10.2 Å². The monoisotopic (exact) mass is 355 g/mol. The van der Waals surface area contributed by atoms with Crippen molar-refractivity contribution in [1.82, 2.24) is 14.9 Å². The van der Waals surface area contributed by atoms with Crippen LogP contribution in [0.1, 0.15) is 43.9 Å². The number of nitrogens with zero attached hydrogens (tertiary/aromatic N) is 2. The molecular formula is C19H21N3O2S. The quantitative estimate of drug-likeness (QED) is 0.762. The van der Waals surface area contributed by atoms with Crippen molar-refractivity contribution in [2.24, 2.45) is 0 Å². The highest BCUT2D eigenvalue weighted by Gasteiger charge is 2.12. The van der Waals surface area contributed by atoms with Gasteiger partial charge in [0.05, 0.1) is 17.8 Å². The Bertz CT molecular complexity index is 941. The molecule has 25 heavy (non-hydrogen) atoms. The van der Waals surface area contributed by atoms with E-state index in [1.165, 1.54) is 27.8 Å². The van der Waals surface area contributed by atoms with Crippen molar-refractivity contribution in [3.05, 3.63) is 63.5 Å². The van der Waals surface area contributed by atoms with Crippen molar-refractivity contribution in [2.75, 3.05) is 0 Å². The molecule has 2 aromatic heterocycles. The highest BCUT2D eigenvalue weighted by Crippen LogP contribution is 2.18. The highest BCUT2D eigenvalue weighted by molar-refractivity contribution is 7.16. The zero-order valence-electron chi connectivity index (χ0n) is 14.5. The molecular weight excluding hydrogens is 334 g/mol. The molecule has 0 aliphatic rings. The van der Waals surface area contributed by atoms with Gasteiger partial charge in [-0.25, -0.2) is 4.98 Å². The smallest absolute Gasteiger partial charge is 0.262 e. The van der Waals surface area contributed by atoms with Gasteiger partial charge in [0.15, 0.2) is 0 Å². The summed E-state index contributed by atoms with van der Waals surface area (Å²) in [4.78, 5) is 29.5. The van der Waals surface area contributed by atoms with Gasteiger partial charge < -0.3 is 5.32 Å². The van der Waals surface area contributed by atoms with Gasteiger partial charge in [-0.2, -0.15) is 0 Å². The molecule has 6 heteroatoms. The summed E-state index contributed by atoms with van der Waals surface area (Å²) < 4.78 is 1.35. The first-order valence-electron chi connectivity index (χ1n) is 8.27. The Labute approximate surface area is 150 Å². The number of aromatic nitrogens is 2. The highest BCUT2D eigenvalue weighted by atomic mass is 32.1. The van der Waals surface area contributed by atoms with E-state index < -0.39 is 0 Å². The molecule has 3 rings (SSSR count). The van der Waals surface area contributed by atoms with Crippen LogP contribution in [0.2, 0.25) is 0 Å². The van der Waals surface area contributed by atoms with Crippen molar-refractivity contribution in [1.29, 1.82) is 0 Å². The van der Waals surface area contributed by atoms with Crippen LogP contribution in [0.3, 0.4) is 0 Å². The SMILES string of the molecule is CC(C)c1ccc([C@H](C)NC(=O)Cn2cnc3sccc3c2=O)cc1. The van der Waals surface area contributed by atoms with Crippen LogP contribution in [0, 0.1) is 0 Å². The van der Waals surface area contributed by atoms with Gasteiger partial charge in [0, 0.05) is 0 Å². The van der Waals surface area contributed by atoms with Gasteiger partial charge in [0.1, 0.15) is 11.4 Å². The molecule has 1 N–H and O–H groups in total. The van der Waals surface area contributed by atoms with Crippen LogP contribution in [-0.4, -0.2) is 15.5 Å². The number of thiophene rings is 1. The Hall–Kier alpha value is -2.47. The zero-order valence-corrected chi connectivity index (χ0v) is 15.3. The normalized spacial score (nSPS) is 12.5. The molecule has 0 bridgehead atoms. The van der Waals surface area contributed by atoms with Crippen molar-refractivity contribution >= 4 is 27.5 Å². The summed E-state index contributed by atoms with van der Waals surface area (Å²) in [6, 6.07) is 9.85. The van der Waals surface area contributed by atoms with Crippen LogP contribution in [-0.2, 0) is 11.3 Å². The number of fused-ring (bicyclic) bond motifs is 1. The summed E-state index contributed by atoms with van der Waals surface area (Å²) in [6.07, 6.45) is 1.43. The first kappa shape index (κ1) is 17.4. The number of hydrogen-bond acceptors (Lipinski definition) is 4. The summed E-state index contributed by atoms with van der Waals surface area (Å²) in [5, 5.41) is 5.32. The van der Waals surface area contributed by atoms with E-state index in [2.05, 4.69) is 36.3 Å². The molecule has 3 aromatic rings. The summed E-state index contributed by atoms with van der Waals surface area (Å²) in [5.41, 5.74) is 2.12. The number of benzene rings is 1. The lowest BCUT2D eigenvalue weighted by atomic mass is 9.99. The van der Waals surface area contributed by atoms with Gasteiger partial charge in [0.2, 0.25) is 5.91 Å². The maximum absolute atomic E-state index is 12.3. The first-order valence-corrected chi connectivity index (χ1v) is 9.15. The molecule has 5 nitrogen and oxygen atoms in total. The minimum atomic E-state index is -0.209. The predicted octanol–water partition coefficient (Wildman–Crippen LogP) is 3.46. The van der Waals surface area contributed by atoms with E-state index in [0.29, 0.717) is 16.1 Å². The molecule has 0 saturated carbocycles. The van der Waals surface area contributed by atoms with Gasteiger partial charge in [0.25, 0.3) is 5.56 Å². The average Bonchev–Trinajstić information content (AvgIpc) is 3.07. The minimum absolute atomic E-state index is 0.0357. The molecule has 0 fully saturated rings. The third kappa shape index (κ3) is 3.79. The van der Waals surface area contributed by atoms with E-state index in [0.717, 1.165) is 5.56 Å². The fraction of sp³-hybridized carbons (Fsp3) is 0.316. The van der Waals surface area contributed by atoms with Gasteiger partial charge >= 0.3 is 0 Å². The number of rotatable bonds is 5. The fourth-order valence-corrected chi connectivity index (χ4v) is 3.42. The fourth-order valence-electron chi connectivity index (χ4n) is 2.70. The Morgan fingerprint density at radius 2 is 1.84 bits per heavy atom. The van der Waals surface area contributed by atoms with Crippen LogP contribution < -0.4 is 10.9 Å². The molecule has 0 unspecified atom stereocenters. The van der Waals surface area contributed by atoms with Crippen LogP contribution >= 0.6 is 11.3 Å². The Morgan fingerprint density at radius 1 is 1.16 bits per heavy atom. The Morgan fingerprint density at radius 3 is 2.52 bits per heavy atom. The van der Waals surface area contributed by atoms with Gasteiger partial charge in [-0.3, -0.25) is 14.2 Å². The van der Waals surface area contributed by atoms with Gasteiger partial charge in [-0.15, -0.1) is 11.3 Å². The zero-order chi connectivity index (χ0) is 18.0. The lowest BCUT2D eigenvalue weighted by molar-refractivity contribution is -0.122.